The van der Waals surface area contributed by atoms with Crippen LogP contribution < -0.4 is 15.8 Å². The molecule has 24 heavy (non-hydrogen) atoms. The first-order chi connectivity index (χ1) is 11.7. The van der Waals surface area contributed by atoms with Crippen LogP contribution in [0.2, 0.25) is 5.02 Å². The fourth-order valence-electron chi connectivity index (χ4n) is 2.30. The third-order valence-corrected chi connectivity index (χ3v) is 7.85. The number of hydrazone groups is 1. The van der Waals surface area contributed by atoms with E-state index in [1.165, 1.54) is 0 Å². The van der Waals surface area contributed by atoms with Crippen LogP contribution in [0.4, 0.5) is 0 Å². The fourth-order valence-corrected chi connectivity index (χ4v) is 5.29. The van der Waals surface area contributed by atoms with Crippen LogP contribution in [0.1, 0.15) is 5.56 Å². The first-order valence-corrected chi connectivity index (χ1v) is 10.6. The van der Waals surface area contributed by atoms with Gasteiger partial charge in [0.2, 0.25) is 0 Å². The van der Waals surface area contributed by atoms with E-state index in [-0.39, 0.29) is 0 Å². The molecule has 1 N–H and O–H groups in total. The second-order valence-corrected chi connectivity index (χ2v) is 9.66. The Labute approximate surface area is 152 Å². The first-order valence-electron chi connectivity index (χ1n) is 7.46. The van der Waals surface area contributed by atoms with Crippen molar-refractivity contribution in [2.24, 2.45) is 5.10 Å². The maximum atomic E-state index is 6.17. The second kappa shape index (κ2) is 7.76. The zero-order chi connectivity index (χ0) is 16.8. The summed E-state index contributed by atoms with van der Waals surface area (Å²) in [6, 6.07) is 27.7. The summed E-state index contributed by atoms with van der Waals surface area (Å²) < 4.78 is 0. The van der Waals surface area contributed by atoms with Crippen molar-refractivity contribution in [3.05, 3.63) is 95.5 Å². The lowest BCUT2D eigenvalue weighted by Gasteiger charge is -2.22. The second-order valence-electron chi connectivity index (χ2n) is 5.16. The van der Waals surface area contributed by atoms with Crippen LogP contribution in [0.15, 0.2) is 90.0 Å². The minimum Gasteiger partial charge on any atom is -0.272 e. The fraction of sp³-hybridized carbons (Fsp3) is 0. The van der Waals surface area contributed by atoms with Gasteiger partial charge in [-0.2, -0.15) is 5.10 Å². The third kappa shape index (κ3) is 3.76. The molecule has 2 nitrogen and oxygen atoms in total. The molecule has 0 saturated heterocycles. The summed E-state index contributed by atoms with van der Waals surface area (Å²) in [5, 5.41) is 10.5. The Kier molecular flexibility index (Phi) is 5.47. The van der Waals surface area contributed by atoms with E-state index in [4.69, 9.17) is 23.4 Å². The normalized spacial score (nSPS) is 11.5. The lowest BCUT2D eigenvalue weighted by Crippen LogP contribution is -2.24. The SMILES string of the molecule is S=P(NN=Cc1ccccc1Cl)(c1ccccc1)c1ccccc1. The van der Waals surface area contributed by atoms with Gasteiger partial charge in [-0.1, -0.05) is 102 Å². The maximum Gasteiger partial charge on any atom is 0.106 e. The molecule has 5 heteroatoms. The van der Waals surface area contributed by atoms with Crippen LogP contribution in [-0.2, 0) is 11.8 Å². The average Bonchev–Trinajstić information content (AvgIpc) is 2.64. The molecular formula is C19H16ClN2PS. The van der Waals surface area contributed by atoms with Gasteiger partial charge in [0.15, 0.2) is 0 Å². The summed E-state index contributed by atoms with van der Waals surface area (Å²) in [4.78, 5) is 0. The number of rotatable bonds is 5. The average molecular weight is 371 g/mol. The van der Waals surface area contributed by atoms with Gasteiger partial charge in [0.05, 0.1) is 6.21 Å². The van der Waals surface area contributed by atoms with Crippen molar-refractivity contribution in [3.8, 4) is 0 Å². The summed E-state index contributed by atoms with van der Waals surface area (Å²) in [5.74, 6) is 0. The van der Waals surface area contributed by atoms with Crippen molar-refractivity contribution in [2.45, 2.75) is 0 Å². The van der Waals surface area contributed by atoms with Gasteiger partial charge in [-0.15, -0.1) is 0 Å². The highest BCUT2D eigenvalue weighted by Crippen LogP contribution is 2.38. The predicted octanol–water partition coefficient (Wildman–Crippen LogP) is 4.31. The smallest absolute Gasteiger partial charge is 0.106 e. The van der Waals surface area contributed by atoms with Crippen LogP contribution in [0.5, 0.6) is 0 Å². The van der Waals surface area contributed by atoms with Crippen LogP contribution in [0.3, 0.4) is 0 Å². The van der Waals surface area contributed by atoms with Gasteiger partial charge in [-0.25, -0.2) is 0 Å². The highest BCUT2D eigenvalue weighted by molar-refractivity contribution is 8.20. The molecule has 0 spiro atoms. The minimum absolute atomic E-state index is 0.663. The molecule has 0 aliphatic heterocycles. The Bertz CT molecular complexity index is 839. The first kappa shape index (κ1) is 16.9. The van der Waals surface area contributed by atoms with Crippen LogP contribution in [0, 0.1) is 0 Å². The molecule has 0 saturated carbocycles. The monoisotopic (exact) mass is 370 g/mol. The highest BCUT2D eigenvalue weighted by Gasteiger charge is 2.21. The Balaban J connectivity index is 1.95. The number of nitrogens with zero attached hydrogens (tertiary/aromatic N) is 1. The van der Waals surface area contributed by atoms with E-state index in [0.29, 0.717) is 5.02 Å². The molecule has 3 aromatic rings. The molecule has 0 unspecified atom stereocenters. The summed E-state index contributed by atoms with van der Waals surface area (Å²) in [6.45, 7) is 0. The number of nitrogens with one attached hydrogen (secondary N) is 1. The molecular weight excluding hydrogens is 355 g/mol. The van der Waals surface area contributed by atoms with E-state index in [9.17, 15) is 0 Å². The van der Waals surface area contributed by atoms with Gasteiger partial charge in [-0.05, 0) is 6.07 Å². The summed E-state index contributed by atoms with van der Waals surface area (Å²) in [5.41, 5.74) is 0.856. The van der Waals surface area contributed by atoms with Gasteiger partial charge in [0.25, 0.3) is 0 Å². The van der Waals surface area contributed by atoms with Crippen molar-refractivity contribution in [1.29, 1.82) is 0 Å². The maximum absolute atomic E-state index is 6.17. The van der Waals surface area contributed by atoms with Crippen molar-refractivity contribution in [1.82, 2.24) is 5.20 Å². The van der Waals surface area contributed by atoms with E-state index in [0.717, 1.165) is 16.2 Å². The van der Waals surface area contributed by atoms with Crippen LogP contribution >= 0.6 is 17.8 Å². The zero-order valence-electron chi connectivity index (χ0n) is 12.8. The van der Waals surface area contributed by atoms with Gasteiger partial charge in [-0.3, -0.25) is 5.20 Å². The molecule has 0 bridgehead atoms. The Hall–Kier alpha value is -1.93. The molecule has 0 amide bonds. The topological polar surface area (TPSA) is 24.4 Å². The number of halogens is 1. The summed E-state index contributed by atoms with van der Waals surface area (Å²) in [7, 11) is 0. The van der Waals surface area contributed by atoms with E-state index < -0.39 is 6.19 Å². The number of hydrogen-bond donors (Lipinski definition) is 1. The molecule has 0 heterocycles. The highest BCUT2D eigenvalue weighted by atomic mass is 35.5. The Morgan fingerprint density at radius 2 is 1.29 bits per heavy atom. The quantitative estimate of drug-likeness (QED) is 0.411. The molecule has 120 valence electrons. The number of benzene rings is 3. The predicted molar refractivity (Wildman–Crippen MR) is 109 cm³/mol. The number of hydrogen-bond acceptors (Lipinski definition) is 2. The Morgan fingerprint density at radius 1 is 0.792 bits per heavy atom. The van der Waals surface area contributed by atoms with Gasteiger partial charge in [0.1, 0.15) is 6.19 Å². The zero-order valence-corrected chi connectivity index (χ0v) is 15.3. The largest absolute Gasteiger partial charge is 0.272 e. The van der Waals surface area contributed by atoms with Gasteiger partial charge < -0.3 is 0 Å². The molecule has 3 aromatic carbocycles. The standard InChI is InChI=1S/C19H16ClN2PS/c20-19-14-8-7-9-16(19)15-21-22-23(24,17-10-3-1-4-11-17)18-12-5-2-6-13-18/h1-15H,(H,22,24). The van der Waals surface area contributed by atoms with Crippen LogP contribution in [-0.4, -0.2) is 6.21 Å². The lowest BCUT2D eigenvalue weighted by molar-refractivity contribution is 1.11. The molecule has 0 atom stereocenters. The third-order valence-electron chi connectivity index (χ3n) is 3.55. The van der Waals surface area contributed by atoms with Crippen molar-refractivity contribution in [3.63, 3.8) is 0 Å². The van der Waals surface area contributed by atoms with E-state index in [1.807, 2.05) is 84.9 Å². The summed E-state index contributed by atoms with van der Waals surface area (Å²) >= 11 is 12.2. The summed E-state index contributed by atoms with van der Waals surface area (Å²) in [6.07, 6.45) is -0.516. The van der Waals surface area contributed by atoms with Gasteiger partial charge >= 0.3 is 0 Å². The van der Waals surface area contributed by atoms with E-state index in [1.54, 1.807) is 6.21 Å². The lowest BCUT2D eigenvalue weighted by atomic mass is 10.2. The molecule has 0 fully saturated rings. The van der Waals surface area contributed by atoms with E-state index >= 15 is 0 Å². The van der Waals surface area contributed by atoms with Crippen molar-refractivity contribution < 1.29 is 0 Å². The van der Waals surface area contributed by atoms with Crippen molar-refractivity contribution in [2.75, 3.05) is 0 Å². The van der Waals surface area contributed by atoms with E-state index in [2.05, 4.69) is 10.3 Å². The molecule has 0 aliphatic rings. The van der Waals surface area contributed by atoms with Gasteiger partial charge in [0, 0.05) is 21.2 Å². The molecule has 3 rings (SSSR count). The molecule has 0 aromatic heterocycles. The minimum atomic E-state index is -2.23. The molecule has 0 aliphatic carbocycles. The Morgan fingerprint density at radius 3 is 1.83 bits per heavy atom. The van der Waals surface area contributed by atoms with Crippen LogP contribution in [0.25, 0.3) is 0 Å². The molecule has 0 radical (unpaired) electrons. The van der Waals surface area contributed by atoms with Crippen molar-refractivity contribution >= 4 is 46.4 Å².